The molecule has 0 saturated carbocycles. The lowest BCUT2D eigenvalue weighted by atomic mass is 10.1. The molecule has 0 radical (unpaired) electrons. The van der Waals surface area contributed by atoms with Crippen molar-refractivity contribution in [3.05, 3.63) is 52.0 Å². The van der Waals surface area contributed by atoms with Crippen molar-refractivity contribution in [3.63, 3.8) is 0 Å². The number of ether oxygens (including phenoxy) is 1. The maximum Gasteiger partial charge on any atom is 0.323 e. The number of halogens is 2. The quantitative estimate of drug-likeness (QED) is 0.522. The molecule has 2 aliphatic heterocycles. The van der Waals surface area contributed by atoms with Gasteiger partial charge in [0.25, 0.3) is 5.91 Å². The Morgan fingerprint density at radius 1 is 0.941 bits per heavy atom. The average molecular weight is 506 g/mol. The molecule has 0 bridgehead atoms. The summed E-state index contributed by atoms with van der Waals surface area (Å²) >= 11 is 12.1. The van der Waals surface area contributed by atoms with E-state index in [0.29, 0.717) is 33.5 Å². The summed E-state index contributed by atoms with van der Waals surface area (Å²) in [5, 5.41) is 9.36. The minimum atomic E-state index is -0.461. The number of rotatable bonds is 7. The molecule has 3 N–H and O–H groups in total. The fourth-order valence-electron chi connectivity index (χ4n) is 4.15. The second kappa shape index (κ2) is 11.8. The molecule has 8 nitrogen and oxygen atoms in total. The van der Waals surface area contributed by atoms with Crippen molar-refractivity contribution in [2.75, 3.05) is 68.0 Å². The van der Waals surface area contributed by atoms with Crippen molar-refractivity contribution in [2.24, 2.45) is 0 Å². The van der Waals surface area contributed by atoms with Crippen LogP contribution in [0.4, 0.5) is 21.9 Å². The van der Waals surface area contributed by atoms with Crippen molar-refractivity contribution in [1.29, 1.82) is 0 Å². The van der Waals surface area contributed by atoms with E-state index in [9.17, 15) is 9.59 Å². The summed E-state index contributed by atoms with van der Waals surface area (Å²) in [7, 11) is 0. The normalized spacial score (nSPS) is 16.4. The van der Waals surface area contributed by atoms with E-state index in [-0.39, 0.29) is 5.91 Å². The van der Waals surface area contributed by atoms with Gasteiger partial charge < -0.3 is 25.6 Å². The number of benzene rings is 2. The summed E-state index contributed by atoms with van der Waals surface area (Å²) in [6, 6.07) is 9.80. The molecule has 2 saturated heterocycles. The Morgan fingerprint density at radius 2 is 1.71 bits per heavy atom. The van der Waals surface area contributed by atoms with Crippen LogP contribution in [0.15, 0.2) is 36.4 Å². The number of urea groups is 1. The largest absolute Gasteiger partial charge is 0.379 e. The van der Waals surface area contributed by atoms with E-state index in [1.807, 2.05) is 6.07 Å². The molecule has 2 fully saturated rings. The number of morpholine rings is 1. The summed E-state index contributed by atoms with van der Waals surface area (Å²) < 4.78 is 5.38. The van der Waals surface area contributed by atoms with Gasteiger partial charge in [-0.15, -0.1) is 0 Å². The first kappa shape index (κ1) is 24.6. The van der Waals surface area contributed by atoms with Crippen molar-refractivity contribution in [3.8, 4) is 0 Å². The monoisotopic (exact) mass is 505 g/mol. The van der Waals surface area contributed by atoms with E-state index >= 15 is 0 Å². The molecule has 0 unspecified atom stereocenters. The molecular weight excluding hydrogens is 477 g/mol. The van der Waals surface area contributed by atoms with Gasteiger partial charge in [0, 0.05) is 55.7 Å². The maximum absolute atomic E-state index is 13.1. The fourth-order valence-corrected chi connectivity index (χ4v) is 4.61. The van der Waals surface area contributed by atoms with Crippen LogP contribution in [0.1, 0.15) is 23.2 Å². The van der Waals surface area contributed by atoms with E-state index in [2.05, 4.69) is 25.8 Å². The van der Waals surface area contributed by atoms with Gasteiger partial charge in [0.2, 0.25) is 0 Å². The predicted molar refractivity (Wildman–Crippen MR) is 137 cm³/mol. The number of anilines is 3. The molecule has 2 aromatic rings. The smallest absolute Gasteiger partial charge is 0.323 e. The highest BCUT2D eigenvalue weighted by Crippen LogP contribution is 2.28. The van der Waals surface area contributed by atoms with Crippen molar-refractivity contribution < 1.29 is 14.3 Å². The summed E-state index contributed by atoms with van der Waals surface area (Å²) in [6.45, 7) is 6.35. The lowest BCUT2D eigenvalue weighted by Gasteiger charge is -2.26. The third-order valence-electron chi connectivity index (χ3n) is 5.94. The molecule has 182 valence electrons. The zero-order valence-corrected chi connectivity index (χ0v) is 20.4. The first-order chi connectivity index (χ1) is 16.5. The van der Waals surface area contributed by atoms with Gasteiger partial charge in [0.1, 0.15) is 0 Å². The van der Waals surface area contributed by atoms with Gasteiger partial charge in [-0.05, 0) is 49.2 Å². The number of nitrogens with one attached hydrogen (secondary N) is 3. The van der Waals surface area contributed by atoms with Crippen LogP contribution in [-0.4, -0.2) is 69.3 Å². The molecule has 2 heterocycles. The van der Waals surface area contributed by atoms with E-state index in [4.69, 9.17) is 27.9 Å². The summed E-state index contributed by atoms with van der Waals surface area (Å²) in [5.41, 5.74) is 2.39. The fraction of sp³-hybridized carbons (Fsp3) is 0.417. The van der Waals surface area contributed by atoms with Crippen molar-refractivity contribution in [1.82, 2.24) is 10.2 Å². The molecule has 2 aromatic carbocycles. The third-order valence-corrected chi connectivity index (χ3v) is 6.49. The highest BCUT2D eigenvalue weighted by Gasteiger charge is 2.21. The molecule has 0 aliphatic carbocycles. The van der Waals surface area contributed by atoms with E-state index in [1.165, 1.54) is 0 Å². The minimum absolute atomic E-state index is 0.153. The maximum atomic E-state index is 13.1. The van der Waals surface area contributed by atoms with Crippen LogP contribution in [0.5, 0.6) is 0 Å². The molecular formula is C24H29Cl2N5O3. The van der Waals surface area contributed by atoms with E-state index in [1.54, 1.807) is 30.3 Å². The standard InChI is InChI=1S/C24H29Cl2N5O3/c25-17-3-5-21(20(26)15-17)29-24(33)28-18-4-6-22(31-8-1-2-9-31)19(16-18)23(32)27-7-10-30-11-13-34-14-12-30/h3-6,15-16H,1-2,7-14H2,(H,27,32)(H2,28,29,33). The van der Waals surface area contributed by atoms with Crippen LogP contribution in [0.2, 0.25) is 10.0 Å². The molecule has 0 aromatic heterocycles. The highest BCUT2D eigenvalue weighted by atomic mass is 35.5. The van der Waals surface area contributed by atoms with Crippen LogP contribution in [0, 0.1) is 0 Å². The topological polar surface area (TPSA) is 85.9 Å². The number of amides is 3. The van der Waals surface area contributed by atoms with Gasteiger partial charge in [-0.25, -0.2) is 4.79 Å². The molecule has 3 amide bonds. The molecule has 0 atom stereocenters. The number of carbonyl (C=O) groups excluding carboxylic acids is 2. The summed E-state index contributed by atoms with van der Waals surface area (Å²) in [4.78, 5) is 30.2. The average Bonchev–Trinajstić information content (AvgIpc) is 3.36. The number of carbonyl (C=O) groups is 2. The van der Waals surface area contributed by atoms with Gasteiger partial charge in [0.15, 0.2) is 0 Å². The Bertz CT molecular complexity index is 1020. The highest BCUT2D eigenvalue weighted by molar-refractivity contribution is 6.36. The van der Waals surface area contributed by atoms with Gasteiger partial charge in [-0.2, -0.15) is 0 Å². The van der Waals surface area contributed by atoms with Crippen LogP contribution in [0.3, 0.4) is 0 Å². The molecule has 34 heavy (non-hydrogen) atoms. The lowest BCUT2D eigenvalue weighted by molar-refractivity contribution is 0.0383. The Labute approximate surface area is 209 Å². The minimum Gasteiger partial charge on any atom is -0.379 e. The second-order valence-electron chi connectivity index (χ2n) is 8.34. The predicted octanol–water partition coefficient (Wildman–Crippen LogP) is 4.30. The zero-order valence-electron chi connectivity index (χ0n) is 18.9. The number of hydrogen-bond acceptors (Lipinski definition) is 5. The van der Waals surface area contributed by atoms with Gasteiger partial charge in [-0.3, -0.25) is 9.69 Å². The van der Waals surface area contributed by atoms with Gasteiger partial charge in [-0.1, -0.05) is 23.2 Å². The van der Waals surface area contributed by atoms with Gasteiger partial charge >= 0.3 is 6.03 Å². The SMILES string of the molecule is O=C(Nc1ccc(N2CCCC2)c(C(=O)NCCN2CCOCC2)c1)Nc1ccc(Cl)cc1Cl. The Hall–Kier alpha value is -2.52. The number of nitrogens with zero attached hydrogens (tertiary/aromatic N) is 2. The molecule has 2 aliphatic rings. The van der Waals surface area contributed by atoms with Gasteiger partial charge in [0.05, 0.1) is 29.5 Å². The first-order valence-electron chi connectivity index (χ1n) is 11.5. The zero-order chi connectivity index (χ0) is 23.9. The number of hydrogen-bond donors (Lipinski definition) is 3. The Morgan fingerprint density at radius 3 is 2.44 bits per heavy atom. The van der Waals surface area contributed by atoms with Crippen LogP contribution < -0.4 is 20.9 Å². The van der Waals surface area contributed by atoms with Crippen LogP contribution in [0.25, 0.3) is 0 Å². The lowest BCUT2D eigenvalue weighted by Crippen LogP contribution is -2.41. The van der Waals surface area contributed by atoms with E-state index < -0.39 is 6.03 Å². The van der Waals surface area contributed by atoms with Crippen molar-refractivity contribution in [2.45, 2.75) is 12.8 Å². The Kier molecular flexibility index (Phi) is 8.50. The molecule has 0 spiro atoms. The van der Waals surface area contributed by atoms with Crippen LogP contribution >= 0.6 is 23.2 Å². The molecule has 4 rings (SSSR count). The first-order valence-corrected chi connectivity index (χ1v) is 12.3. The second-order valence-corrected chi connectivity index (χ2v) is 9.18. The third kappa shape index (κ3) is 6.54. The Balaban J connectivity index is 1.43. The summed E-state index contributed by atoms with van der Waals surface area (Å²) in [6.07, 6.45) is 2.20. The van der Waals surface area contributed by atoms with Crippen LogP contribution in [-0.2, 0) is 4.74 Å². The van der Waals surface area contributed by atoms with E-state index in [0.717, 1.165) is 64.5 Å². The van der Waals surface area contributed by atoms with Crippen molar-refractivity contribution >= 4 is 52.2 Å². The summed E-state index contributed by atoms with van der Waals surface area (Å²) in [5.74, 6) is -0.153. The molecule has 10 heteroatoms.